The lowest BCUT2D eigenvalue weighted by atomic mass is 10.1. The number of hydrogen-bond donors (Lipinski definition) is 1. The molecule has 0 aliphatic carbocycles. The molecule has 0 radical (unpaired) electrons. The van der Waals surface area contributed by atoms with Gasteiger partial charge in [-0.2, -0.15) is 13.2 Å². The van der Waals surface area contributed by atoms with Crippen molar-refractivity contribution in [2.24, 2.45) is 0 Å². The van der Waals surface area contributed by atoms with E-state index in [1.807, 2.05) is 0 Å². The van der Waals surface area contributed by atoms with E-state index in [9.17, 15) is 13.2 Å². The summed E-state index contributed by atoms with van der Waals surface area (Å²) in [5.41, 5.74) is -0.122. The Morgan fingerprint density at radius 1 is 1.09 bits per heavy atom. The molecule has 1 N–H and O–H groups in total. The number of alkyl halides is 3. The molecule has 0 saturated carbocycles. The summed E-state index contributed by atoms with van der Waals surface area (Å²) >= 11 is 0. The number of hydrogen-bond acceptors (Lipinski definition) is 3. The van der Waals surface area contributed by atoms with E-state index < -0.39 is 11.7 Å². The summed E-state index contributed by atoms with van der Waals surface area (Å²) in [6.45, 7) is 6.06. The van der Waals surface area contributed by atoms with Crippen LogP contribution in [0, 0.1) is 0 Å². The van der Waals surface area contributed by atoms with E-state index in [1.54, 1.807) is 12.1 Å². The first-order valence-corrected chi connectivity index (χ1v) is 7.86. The summed E-state index contributed by atoms with van der Waals surface area (Å²) in [5, 5.41) is 3.36. The van der Waals surface area contributed by atoms with Crippen molar-refractivity contribution in [1.82, 2.24) is 15.1 Å². The topological polar surface area (TPSA) is 18.5 Å². The Bertz CT molecular complexity index is 496. The predicted octanol–water partition coefficient (Wildman–Crippen LogP) is 2.61. The highest BCUT2D eigenvalue weighted by atomic mass is 35.5. The molecular weight excluding hydrogens is 327 g/mol. The van der Waals surface area contributed by atoms with Crippen LogP contribution in [0.25, 0.3) is 0 Å². The number of benzene rings is 1. The molecule has 2 saturated heterocycles. The number of nitrogens with zero attached hydrogens (tertiary/aromatic N) is 2. The van der Waals surface area contributed by atoms with E-state index in [1.165, 1.54) is 18.6 Å². The predicted molar refractivity (Wildman–Crippen MR) is 86.8 cm³/mol. The third kappa shape index (κ3) is 4.59. The summed E-state index contributed by atoms with van der Waals surface area (Å²) in [5.74, 6) is 0. The van der Waals surface area contributed by atoms with Gasteiger partial charge in [0.2, 0.25) is 0 Å². The molecule has 3 nitrogen and oxygen atoms in total. The van der Waals surface area contributed by atoms with Crippen molar-refractivity contribution in [2.45, 2.75) is 25.2 Å². The van der Waals surface area contributed by atoms with Crippen LogP contribution in [0.15, 0.2) is 24.3 Å². The SMILES string of the molecule is Cl.FC(F)(F)c1ccccc1CN1CCN(C2CCNC2)CC1. The Balaban J connectivity index is 0.00000192. The zero-order valence-electron chi connectivity index (χ0n) is 13.0. The normalized spacial score (nSPS) is 23.7. The number of halogens is 4. The van der Waals surface area contributed by atoms with Crippen LogP contribution in [0.5, 0.6) is 0 Å². The molecule has 0 bridgehead atoms. The van der Waals surface area contributed by atoms with Crippen molar-refractivity contribution in [3.05, 3.63) is 35.4 Å². The van der Waals surface area contributed by atoms with Crippen LogP contribution < -0.4 is 5.32 Å². The molecule has 2 aliphatic rings. The van der Waals surface area contributed by atoms with E-state index >= 15 is 0 Å². The molecule has 1 atom stereocenters. The van der Waals surface area contributed by atoms with Crippen LogP contribution in [0.3, 0.4) is 0 Å². The Morgan fingerprint density at radius 2 is 1.78 bits per heavy atom. The maximum absolute atomic E-state index is 13.0. The van der Waals surface area contributed by atoms with Crippen LogP contribution in [0.1, 0.15) is 17.5 Å². The minimum absolute atomic E-state index is 0. The average Bonchev–Trinajstić information content (AvgIpc) is 3.02. The molecule has 0 amide bonds. The molecule has 2 heterocycles. The maximum Gasteiger partial charge on any atom is 0.416 e. The second-order valence-electron chi connectivity index (χ2n) is 6.11. The van der Waals surface area contributed by atoms with Gasteiger partial charge < -0.3 is 5.32 Å². The lowest BCUT2D eigenvalue weighted by Gasteiger charge is -2.38. The Labute approximate surface area is 141 Å². The molecule has 0 aromatic heterocycles. The van der Waals surface area contributed by atoms with Gasteiger partial charge in [0.1, 0.15) is 0 Å². The fourth-order valence-electron chi connectivity index (χ4n) is 3.41. The van der Waals surface area contributed by atoms with Gasteiger partial charge in [0.25, 0.3) is 0 Å². The van der Waals surface area contributed by atoms with Crippen molar-refractivity contribution in [3.8, 4) is 0 Å². The third-order valence-electron chi connectivity index (χ3n) is 4.67. The van der Waals surface area contributed by atoms with Crippen LogP contribution in [0.4, 0.5) is 13.2 Å². The number of piperazine rings is 1. The molecule has 1 aromatic carbocycles. The minimum atomic E-state index is -4.27. The first-order valence-electron chi connectivity index (χ1n) is 7.86. The lowest BCUT2D eigenvalue weighted by Crippen LogP contribution is -2.50. The third-order valence-corrected chi connectivity index (χ3v) is 4.67. The molecule has 23 heavy (non-hydrogen) atoms. The van der Waals surface area contributed by atoms with Crippen molar-refractivity contribution in [1.29, 1.82) is 0 Å². The molecular formula is C16H23ClF3N3. The Kier molecular flexibility index (Phi) is 6.31. The smallest absolute Gasteiger partial charge is 0.315 e. The average molecular weight is 350 g/mol. The zero-order chi connectivity index (χ0) is 15.6. The van der Waals surface area contributed by atoms with E-state index in [4.69, 9.17) is 0 Å². The molecule has 7 heteroatoms. The van der Waals surface area contributed by atoms with Gasteiger partial charge in [0, 0.05) is 45.3 Å². The first-order chi connectivity index (χ1) is 10.5. The molecule has 3 rings (SSSR count). The fourth-order valence-corrected chi connectivity index (χ4v) is 3.41. The van der Waals surface area contributed by atoms with Crippen LogP contribution in [0.2, 0.25) is 0 Å². The van der Waals surface area contributed by atoms with Crippen LogP contribution in [-0.2, 0) is 12.7 Å². The highest BCUT2D eigenvalue weighted by molar-refractivity contribution is 5.85. The van der Waals surface area contributed by atoms with Gasteiger partial charge in [0.05, 0.1) is 5.56 Å². The van der Waals surface area contributed by atoms with Gasteiger partial charge in [0.15, 0.2) is 0 Å². The summed E-state index contributed by atoms with van der Waals surface area (Å²) in [7, 11) is 0. The maximum atomic E-state index is 13.0. The Hall–Kier alpha value is -0.820. The van der Waals surface area contributed by atoms with Crippen LogP contribution in [-0.4, -0.2) is 55.1 Å². The minimum Gasteiger partial charge on any atom is -0.315 e. The van der Waals surface area contributed by atoms with E-state index in [-0.39, 0.29) is 12.4 Å². The molecule has 2 aliphatic heterocycles. The summed E-state index contributed by atoms with van der Waals surface area (Å²) < 4.78 is 39.1. The van der Waals surface area contributed by atoms with Gasteiger partial charge in [-0.25, -0.2) is 0 Å². The largest absolute Gasteiger partial charge is 0.416 e. The van der Waals surface area contributed by atoms with Gasteiger partial charge >= 0.3 is 6.18 Å². The van der Waals surface area contributed by atoms with E-state index in [2.05, 4.69) is 15.1 Å². The second-order valence-corrected chi connectivity index (χ2v) is 6.11. The van der Waals surface area contributed by atoms with Crippen molar-refractivity contribution in [3.63, 3.8) is 0 Å². The monoisotopic (exact) mass is 349 g/mol. The number of nitrogens with one attached hydrogen (secondary N) is 1. The summed E-state index contributed by atoms with van der Waals surface area (Å²) in [4.78, 5) is 4.59. The van der Waals surface area contributed by atoms with Gasteiger partial charge in [-0.15, -0.1) is 12.4 Å². The van der Waals surface area contributed by atoms with Crippen LogP contribution >= 0.6 is 12.4 Å². The Morgan fingerprint density at radius 3 is 2.39 bits per heavy atom. The highest BCUT2D eigenvalue weighted by Crippen LogP contribution is 2.32. The van der Waals surface area contributed by atoms with Gasteiger partial charge in [-0.05, 0) is 24.6 Å². The van der Waals surface area contributed by atoms with E-state index in [0.717, 1.165) is 39.3 Å². The first kappa shape index (κ1) is 18.5. The second kappa shape index (κ2) is 7.83. The molecule has 0 spiro atoms. The highest BCUT2D eigenvalue weighted by Gasteiger charge is 2.33. The quantitative estimate of drug-likeness (QED) is 0.905. The molecule has 1 aromatic rings. The zero-order valence-corrected chi connectivity index (χ0v) is 13.8. The van der Waals surface area contributed by atoms with Gasteiger partial charge in [-0.3, -0.25) is 9.80 Å². The summed E-state index contributed by atoms with van der Waals surface area (Å²) in [6.07, 6.45) is -3.09. The van der Waals surface area contributed by atoms with Crippen molar-refractivity contribution in [2.75, 3.05) is 39.3 Å². The molecule has 130 valence electrons. The van der Waals surface area contributed by atoms with E-state index in [0.29, 0.717) is 18.2 Å². The van der Waals surface area contributed by atoms with Gasteiger partial charge in [-0.1, -0.05) is 18.2 Å². The summed E-state index contributed by atoms with van der Waals surface area (Å²) in [6, 6.07) is 6.51. The number of rotatable bonds is 3. The van der Waals surface area contributed by atoms with Crippen molar-refractivity contribution < 1.29 is 13.2 Å². The standard InChI is InChI=1S/C16H22F3N3.ClH/c17-16(18,19)15-4-2-1-3-13(15)12-21-7-9-22(10-8-21)14-5-6-20-11-14;/h1-4,14,20H,5-12H2;1H. The lowest BCUT2D eigenvalue weighted by molar-refractivity contribution is -0.138. The molecule has 2 fully saturated rings. The van der Waals surface area contributed by atoms with Crippen molar-refractivity contribution >= 4 is 12.4 Å². The molecule has 1 unspecified atom stereocenters. The fraction of sp³-hybridized carbons (Fsp3) is 0.625.